The smallest absolute Gasteiger partial charge is 0.239 e. The lowest BCUT2D eigenvalue weighted by Gasteiger charge is -2.38. The third kappa shape index (κ3) is 5.65. The second-order valence-electron chi connectivity index (χ2n) is 6.40. The quantitative estimate of drug-likeness (QED) is 0.751. The van der Waals surface area contributed by atoms with Gasteiger partial charge in [0.15, 0.2) is 0 Å². The summed E-state index contributed by atoms with van der Waals surface area (Å²) >= 11 is 0. The maximum absolute atomic E-state index is 12.5. The third-order valence-electron chi connectivity index (χ3n) is 4.35. The molecule has 0 aromatic heterocycles. The summed E-state index contributed by atoms with van der Waals surface area (Å²) in [6, 6.07) is 0.105. The van der Waals surface area contributed by atoms with Gasteiger partial charge in [-0.3, -0.25) is 9.59 Å². The number of hydrogen-bond donors (Lipinski definition) is 2. The van der Waals surface area contributed by atoms with Gasteiger partial charge in [-0.2, -0.15) is 0 Å². The van der Waals surface area contributed by atoms with E-state index in [-0.39, 0.29) is 29.9 Å². The summed E-state index contributed by atoms with van der Waals surface area (Å²) in [6.07, 6.45) is 6.19. The zero-order valence-electron chi connectivity index (χ0n) is 14.0. The molecule has 5 heteroatoms. The lowest BCUT2D eigenvalue weighted by molar-refractivity contribution is -0.137. The van der Waals surface area contributed by atoms with E-state index in [1.165, 1.54) is 19.3 Å². The number of carbonyl (C=O) groups excluding carboxylic acids is 2. The number of hydrogen-bond acceptors (Lipinski definition) is 3. The Morgan fingerprint density at radius 1 is 1.19 bits per heavy atom. The van der Waals surface area contributed by atoms with E-state index >= 15 is 0 Å². The molecule has 0 aromatic carbocycles. The molecule has 0 aromatic rings. The molecule has 0 heterocycles. The second-order valence-corrected chi connectivity index (χ2v) is 6.40. The average molecular weight is 297 g/mol. The summed E-state index contributed by atoms with van der Waals surface area (Å²) in [5.41, 5.74) is -0.0721. The molecule has 0 spiro atoms. The van der Waals surface area contributed by atoms with E-state index in [1.807, 2.05) is 27.8 Å². The molecule has 2 N–H and O–H groups in total. The second kappa shape index (κ2) is 8.37. The normalized spacial score (nSPS) is 17.6. The molecule has 1 aliphatic carbocycles. The SMILES string of the molecule is CCN(CC(=O)NC(C)C)C(=O)CC1(NC)CCCCC1. The van der Waals surface area contributed by atoms with Crippen molar-refractivity contribution in [3.8, 4) is 0 Å². The summed E-state index contributed by atoms with van der Waals surface area (Å²) in [6.45, 7) is 6.51. The van der Waals surface area contributed by atoms with E-state index in [0.717, 1.165) is 12.8 Å². The van der Waals surface area contributed by atoms with Gasteiger partial charge in [-0.15, -0.1) is 0 Å². The van der Waals surface area contributed by atoms with Crippen molar-refractivity contribution < 1.29 is 9.59 Å². The fourth-order valence-corrected chi connectivity index (χ4v) is 3.06. The molecule has 0 atom stereocenters. The van der Waals surface area contributed by atoms with Crippen LogP contribution in [-0.4, -0.2) is 48.4 Å². The van der Waals surface area contributed by atoms with Crippen molar-refractivity contribution in [1.82, 2.24) is 15.5 Å². The molecule has 1 saturated carbocycles. The minimum atomic E-state index is -0.0812. The Morgan fingerprint density at radius 2 is 1.81 bits per heavy atom. The van der Waals surface area contributed by atoms with Gasteiger partial charge in [-0.05, 0) is 40.7 Å². The molecule has 0 aliphatic heterocycles. The first kappa shape index (κ1) is 18.0. The van der Waals surface area contributed by atoms with Crippen molar-refractivity contribution in [3.63, 3.8) is 0 Å². The topological polar surface area (TPSA) is 61.4 Å². The Balaban J connectivity index is 2.59. The van der Waals surface area contributed by atoms with Crippen molar-refractivity contribution in [1.29, 1.82) is 0 Å². The lowest BCUT2D eigenvalue weighted by atomic mass is 9.79. The van der Waals surface area contributed by atoms with Crippen molar-refractivity contribution in [2.45, 2.75) is 70.9 Å². The predicted octanol–water partition coefficient (Wildman–Crippen LogP) is 1.67. The van der Waals surface area contributed by atoms with Crippen molar-refractivity contribution >= 4 is 11.8 Å². The Morgan fingerprint density at radius 3 is 2.29 bits per heavy atom. The first-order chi connectivity index (χ1) is 9.92. The first-order valence-electron chi connectivity index (χ1n) is 8.18. The van der Waals surface area contributed by atoms with E-state index in [9.17, 15) is 9.59 Å². The van der Waals surface area contributed by atoms with Gasteiger partial charge >= 0.3 is 0 Å². The van der Waals surface area contributed by atoms with Gasteiger partial charge in [0, 0.05) is 24.5 Å². The van der Waals surface area contributed by atoms with E-state index in [0.29, 0.717) is 13.0 Å². The number of amides is 2. The molecule has 0 saturated heterocycles. The molecule has 122 valence electrons. The van der Waals surface area contributed by atoms with Crippen LogP contribution >= 0.6 is 0 Å². The predicted molar refractivity (Wildman–Crippen MR) is 85.0 cm³/mol. The van der Waals surface area contributed by atoms with Crippen LogP contribution in [0.4, 0.5) is 0 Å². The van der Waals surface area contributed by atoms with Gasteiger partial charge in [0.05, 0.1) is 6.54 Å². The molecule has 2 amide bonds. The Kier molecular flexibility index (Phi) is 7.15. The highest BCUT2D eigenvalue weighted by Gasteiger charge is 2.34. The molecular weight excluding hydrogens is 266 g/mol. The summed E-state index contributed by atoms with van der Waals surface area (Å²) in [4.78, 5) is 26.0. The van der Waals surface area contributed by atoms with Gasteiger partial charge in [0.25, 0.3) is 0 Å². The molecule has 0 unspecified atom stereocenters. The molecule has 21 heavy (non-hydrogen) atoms. The van der Waals surface area contributed by atoms with Gasteiger partial charge in [-0.25, -0.2) is 0 Å². The number of nitrogens with zero attached hydrogens (tertiary/aromatic N) is 1. The van der Waals surface area contributed by atoms with Gasteiger partial charge in [-0.1, -0.05) is 19.3 Å². The number of nitrogens with one attached hydrogen (secondary N) is 2. The highest BCUT2D eigenvalue weighted by molar-refractivity contribution is 5.85. The lowest BCUT2D eigenvalue weighted by Crippen LogP contribution is -2.50. The van der Waals surface area contributed by atoms with Gasteiger partial charge in [0.1, 0.15) is 0 Å². The Hall–Kier alpha value is -1.10. The van der Waals surface area contributed by atoms with Crippen LogP contribution in [-0.2, 0) is 9.59 Å². The molecule has 1 rings (SSSR count). The maximum Gasteiger partial charge on any atom is 0.239 e. The Bertz CT molecular complexity index is 349. The molecule has 0 bridgehead atoms. The van der Waals surface area contributed by atoms with Crippen LogP contribution in [0.1, 0.15) is 59.3 Å². The number of likely N-dealkylation sites (N-methyl/N-ethyl adjacent to an activating group) is 1. The minimum absolute atomic E-state index is 0.0721. The standard InChI is InChI=1S/C16H31N3O2/c1-5-19(12-14(20)18-13(2)3)15(21)11-16(17-4)9-7-6-8-10-16/h13,17H,5-12H2,1-4H3,(H,18,20). The molecule has 1 aliphatic rings. The van der Waals surface area contributed by atoms with Crippen molar-refractivity contribution in [2.75, 3.05) is 20.1 Å². The van der Waals surface area contributed by atoms with E-state index in [1.54, 1.807) is 4.90 Å². The minimum Gasteiger partial charge on any atom is -0.352 e. The average Bonchev–Trinajstić information content (AvgIpc) is 2.44. The monoisotopic (exact) mass is 297 g/mol. The van der Waals surface area contributed by atoms with Crippen LogP contribution in [0.15, 0.2) is 0 Å². The van der Waals surface area contributed by atoms with E-state index in [2.05, 4.69) is 10.6 Å². The fraction of sp³-hybridized carbons (Fsp3) is 0.875. The molecule has 5 nitrogen and oxygen atoms in total. The van der Waals surface area contributed by atoms with Crippen molar-refractivity contribution in [2.24, 2.45) is 0 Å². The van der Waals surface area contributed by atoms with E-state index in [4.69, 9.17) is 0 Å². The van der Waals surface area contributed by atoms with Crippen LogP contribution in [0.2, 0.25) is 0 Å². The van der Waals surface area contributed by atoms with Crippen LogP contribution < -0.4 is 10.6 Å². The third-order valence-corrected chi connectivity index (χ3v) is 4.35. The highest BCUT2D eigenvalue weighted by Crippen LogP contribution is 2.31. The van der Waals surface area contributed by atoms with Crippen LogP contribution in [0.25, 0.3) is 0 Å². The van der Waals surface area contributed by atoms with Crippen LogP contribution in [0.3, 0.4) is 0 Å². The van der Waals surface area contributed by atoms with Crippen LogP contribution in [0.5, 0.6) is 0 Å². The summed E-state index contributed by atoms with van der Waals surface area (Å²) in [5.74, 6) is -0.00462. The van der Waals surface area contributed by atoms with Gasteiger partial charge in [0.2, 0.25) is 11.8 Å². The molecular formula is C16H31N3O2. The highest BCUT2D eigenvalue weighted by atomic mass is 16.2. The Labute approximate surface area is 128 Å². The zero-order valence-corrected chi connectivity index (χ0v) is 14.0. The summed E-state index contributed by atoms with van der Waals surface area (Å²) in [5, 5.41) is 6.21. The molecule has 1 fully saturated rings. The van der Waals surface area contributed by atoms with E-state index < -0.39 is 0 Å². The van der Waals surface area contributed by atoms with Crippen LogP contribution in [0, 0.1) is 0 Å². The fourth-order valence-electron chi connectivity index (χ4n) is 3.06. The maximum atomic E-state index is 12.5. The first-order valence-corrected chi connectivity index (χ1v) is 8.18. The largest absolute Gasteiger partial charge is 0.352 e. The summed E-state index contributed by atoms with van der Waals surface area (Å²) < 4.78 is 0. The summed E-state index contributed by atoms with van der Waals surface area (Å²) in [7, 11) is 1.94. The molecule has 0 radical (unpaired) electrons. The number of carbonyl (C=O) groups is 2. The van der Waals surface area contributed by atoms with Gasteiger partial charge < -0.3 is 15.5 Å². The number of rotatable bonds is 7. The van der Waals surface area contributed by atoms with Crippen molar-refractivity contribution in [3.05, 3.63) is 0 Å². The zero-order chi connectivity index (χ0) is 15.9.